The van der Waals surface area contributed by atoms with Crippen LogP contribution < -0.4 is 15.5 Å². The number of piperidine rings is 1. The first kappa shape index (κ1) is 24.3. The second-order valence-electron chi connectivity index (χ2n) is 8.18. The summed E-state index contributed by atoms with van der Waals surface area (Å²) in [5.74, 6) is 0.651. The molecule has 2 aromatic rings. The minimum absolute atomic E-state index is 0. The number of aliphatic imine (C=N–C) groups is 1. The molecule has 1 aromatic carbocycles. The topological polar surface area (TPSA) is 48.9 Å². The van der Waals surface area contributed by atoms with Crippen molar-refractivity contribution in [3.63, 3.8) is 0 Å². The summed E-state index contributed by atoms with van der Waals surface area (Å²) < 4.78 is 19.1. The van der Waals surface area contributed by atoms with E-state index in [1.807, 2.05) is 30.5 Å². The number of ether oxygens (including phenoxy) is 1. The van der Waals surface area contributed by atoms with Gasteiger partial charge in [-0.1, -0.05) is 12.1 Å². The number of hydrogen-bond acceptors (Lipinski definition) is 4. The van der Waals surface area contributed by atoms with Crippen molar-refractivity contribution in [1.29, 1.82) is 0 Å². The fourth-order valence-corrected chi connectivity index (χ4v) is 5.25. The summed E-state index contributed by atoms with van der Waals surface area (Å²) in [7, 11) is 1.82. The molecule has 8 heteroatoms. The Morgan fingerprint density at radius 2 is 1.90 bits per heavy atom. The summed E-state index contributed by atoms with van der Waals surface area (Å²) in [5, 5.41) is 10.7. The average Bonchev–Trinajstić information content (AvgIpc) is 3.33. The number of anilines is 1. The Balaban J connectivity index is 0.00000272. The fraction of sp³-hybridized carbons (Fsp3) is 0.522. The van der Waals surface area contributed by atoms with Crippen molar-refractivity contribution in [3.05, 3.63) is 53.2 Å². The van der Waals surface area contributed by atoms with E-state index in [-0.39, 0.29) is 35.2 Å². The third kappa shape index (κ3) is 6.10. The molecule has 0 bridgehead atoms. The molecular weight excluding hydrogens is 526 g/mol. The van der Waals surface area contributed by atoms with E-state index in [9.17, 15) is 4.39 Å². The van der Waals surface area contributed by atoms with Crippen molar-refractivity contribution in [1.82, 2.24) is 10.6 Å². The molecule has 2 aliphatic rings. The minimum Gasteiger partial charge on any atom is -0.381 e. The van der Waals surface area contributed by atoms with Crippen molar-refractivity contribution < 1.29 is 9.13 Å². The van der Waals surface area contributed by atoms with Crippen molar-refractivity contribution in [2.24, 2.45) is 4.99 Å². The van der Waals surface area contributed by atoms with Gasteiger partial charge >= 0.3 is 0 Å². The van der Waals surface area contributed by atoms with Crippen LogP contribution in [-0.2, 0) is 10.2 Å². The van der Waals surface area contributed by atoms with Gasteiger partial charge in [0.25, 0.3) is 0 Å². The van der Waals surface area contributed by atoms with Crippen molar-refractivity contribution in [2.75, 3.05) is 44.8 Å². The Morgan fingerprint density at radius 3 is 2.52 bits per heavy atom. The first-order valence-electron chi connectivity index (χ1n) is 10.8. The Kier molecular flexibility index (Phi) is 8.97. The van der Waals surface area contributed by atoms with Gasteiger partial charge in [0.2, 0.25) is 0 Å². The molecule has 0 spiro atoms. The van der Waals surface area contributed by atoms with Crippen molar-refractivity contribution in [2.45, 2.75) is 37.1 Å². The summed E-state index contributed by atoms with van der Waals surface area (Å²) in [5.41, 5.74) is 1.10. The van der Waals surface area contributed by atoms with Crippen LogP contribution in [0.15, 0.2) is 46.8 Å². The molecule has 2 aliphatic heterocycles. The van der Waals surface area contributed by atoms with Gasteiger partial charge in [0.05, 0.1) is 5.00 Å². The summed E-state index contributed by atoms with van der Waals surface area (Å²) in [4.78, 5) is 6.93. The maximum Gasteiger partial charge on any atom is 0.191 e. The second kappa shape index (κ2) is 11.5. The summed E-state index contributed by atoms with van der Waals surface area (Å²) in [6.45, 7) is 4.34. The highest BCUT2D eigenvalue weighted by Crippen LogP contribution is 2.34. The van der Waals surface area contributed by atoms with Gasteiger partial charge in [-0.2, -0.15) is 0 Å². The number of benzene rings is 1. The first-order valence-corrected chi connectivity index (χ1v) is 11.7. The van der Waals surface area contributed by atoms with Gasteiger partial charge in [0.15, 0.2) is 5.96 Å². The molecule has 0 aliphatic carbocycles. The summed E-state index contributed by atoms with van der Waals surface area (Å²) >= 11 is 1.81. The Labute approximate surface area is 205 Å². The molecule has 5 nitrogen and oxygen atoms in total. The Morgan fingerprint density at radius 1 is 1.19 bits per heavy atom. The number of hydrogen-bond donors (Lipinski definition) is 2. The van der Waals surface area contributed by atoms with Crippen LogP contribution in [0.3, 0.4) is 0 Å². The quantitative estimate of drug-likeness (QED) is 0.325. The van der Waals surface area contributed by atoms with E-state index in [0.29, 0.717) is 6.04 Å². The van der Waals surface area contributed by atoms with Gasteiger partial charge in [0, 0.05) is 51.4 Å². The standard InChI is InChI=1S/C23H31FN4OS.HI/c1-25-22(27-20-8-12-28(13-9-20)21-3-2-16-30-21)26-17-23(10-14-29-15-11-23)18-4-6-19(24)7-5-18;/h2-7,16,20H,8-15,17H2,1H3,(H2,25,26,27);1H. The molecule has 170 valence electrons. The lowest BCUT2D eigenvalue weighted by Crippen LogP contribution is -2.52. The van der Waals surface area contributed by atoms with E-state index in [2.05, 4.69) is 38.0 Å². The zero-order valence-corrected chi connectivity index (χ0v) is 21.1. The highest BCUT2D eigenvalue weighted by atomic mass is 127. The van der Waals surface area contributed by atoms with Crippen molar-refractivity contribution >= 4 is 46.3 Å². The normalized spacial score (nSPS) is 19.5. The lowest BCUT2D eigenvalue weighted by atomic mass is 9.74. The number of rotatable bonds is 5. The maximum atomic E-state index is 13.5. The lowest BCUT2D eigenvalue weighted by Gasteiger charge is -2.39. The number of guanidine groups is 1. The number of nitrogens with one attached hydrogen (secondary N) is 2. The van der Waals surface area contributed by atoms with Crippen LogP contribution >= 0.6 is 35.3 Å². The monoisotopic (exact) mass is 558 g/mol. The molecule has 4 rings (SSSR count). The maximum absolute atomic E-state index is 13.5. The molecule has 2 saturated heterocycles. The first-order chi connectivity index (χ1) is 14.7. The zero-order chi connectivity index (χ0) is 20.8. The lowest BCUT2D eigenvalue weighted by molar-refractivity contribution is 0.0513. The molecule has 3 heterocycles. The van der Waals surface area contributed by atoms with Crippen LogP contribution in [-0.4, -0.2) is 51.9 Å². The van der Waals surface area contributed by atoms with Crippen molar-refractivity contribution in [3.8, 4) is 0 Å². The van der Waals surface area contributed by atoms with E-state index in [1.165, 1.54) is 10.6 Å². The van der Waals surface area contributed by atoms with Gasteiger partial charge in [-0.3, -0.25) is 4.99 Å². The van der Waals surface area contributed by atoms with Crippen LogP contribution in [0.5, 0.6) is 0 Å². The Bertz CT molecular complexity index is 817. The predicted molar refractivity (Wildman–Crippen MR) is 138 cm³/mol. The van der Waals surface area contributed by atoms with Crippen LogP contribution in [0.2, 0.25) is 0 Å². The molecule has 2 fully saturated rings. The zero-order valence-electron chi connectivity index (χ0n) is 18.0. The Hall–Kier alpha value is -1.39. The molecule has 0 radical (unpaired) electrons. The molecule has 1 aromatic heterocycles. The van der Waals surface area contributed by atoms with E-state index in [4.69, 9.17) is 4.74 Å². The number of thiophene rings is 1. The van der Waals surface area contributed by atoms with Gasteiger partial charge in [-0.15, -0.1) is 35.3 Å². The van der Waals surface area contributed by atoms with Gasteiger partial charge in [0.1, 0.15) is 5.82 Å². The molecule has 0 saturated carbocycles. The predicted octanol–water partition coefficient (Wildman–Crippen LogP) is 4.39. The van der Waals surface area contributed by atoms with E-state index < -0.39 is 0 Å². The highest BCUT2D eigenvalue weighted by molar-refractivity contribution is 14.0. The van der Waals surface area contributed by atoms with Gasteiger partial charge in [-0.25, -0.2) is 4.39 Å². The smallest absolute Gasteiger partial charge is 0.191 e. The molecule has 0 atom stereocenters. The summed E-state index contributed by atoms with van der Waals surface area (Å²) in [6.07, 6.45) is 4.02. The molecule has 0 unspecified atom stereocenters. The summed E-state index contributed by atoms with van der Waals surface area (Å²) in [6, 6.07) is 11.7. The second-order valence-corrected chi connectivity index (χ2v) is 9.11. The van der Waals surface area contributed by atoms with Gasteiger partial charge < -0.3 is 20.3 Å². The highest BCUT2D eigenvalue weighted by Gasteiger charge is 2.35. The third-order valence-corrected chi connectivity index (χ3v) is 7.31. The van der Waals surface area contributed by atoms with Crippen LogP contribution in [0.4, 0.5) is 9.39 Å². The third-order valence-electron chi connectivity index (χ3n) is 6.38. The van der Waals surface area contributed by atoms with E-state index in [0.717, 1.165) is 64.5 Å². The molecule has 2 N–H and O–H groups in total. The van der Waals surface area contributed by atoms with E-state index >= 15 is 0 Å². The van der Waals surface area contributed by atoms with Gasteiger partial charge in [-0.05, 0) is 60.9 Å². The molecule has 31 heavy (non-hydrogen) atoms. The van der Waals surface area contributed by atoms with Crippen LogP contribution in [0.1, 0.15) is 31.2 Å². The number of halogens is 2. The van der Waals surface area contributed by atoms with Crippen LogP contribution in [0, 0.1) is 5.82 Å². The largest absolute Gasteiger partial charge is 0.381 e. The SMILES string of the molecule is CN=C(NCC1(c2ccc(F)cc2)CCOCC1)NC1CCN(c2cccs2)CC1.I. The molecule has 0 amide bonds. The molecular formula is C23H32FIN4OS. The number of nitrogens with zero attached hydrogens (tertiary/aromatic N) is 2. The minimum atomic E-state index is -0.194. The fourth-order valence-electron chi connectivity index (χ4n) is 4.47. The average molecular weight is 559 g/mol. The van der Waals surface area contributed by atoms with E-state index in [1.54, 1.807) is 12.1 Å². The van der Waals surface area contributed by atoms with Crippen LogP contribution in [0.25, 0.3) is 0 Å².